The van der Waals surface area contributed by atoms with Crippen molar-refractivity contribution >= 4 is 5.97 Å². The highest BCUT2D eigenvalue weighted by molar-refractivity contribution is 5.73. The number of halogens is 3. The zero-order valence-corrected chi connectivity index (χ0v) is 17.8. The van der Waals surface area contributed by atoms with Crippen molar-refractivity contribution in [1.82, 2.24) is 19.7 Å². The summed E-state index contributed by atoms with van der Waals surface area (Å²) < 4.78 is 45.6. The number of rotatable bonds is 7. The van der Waals surface area contributed by atoms with Crippen molar-refractivity contribution in [1.29, 1.82) is 0 Å². The summed E-state index contributed by atoms with van der Waals surface area (Å²) in [6.45, 7) is 7.59. The van der Waals surface area contributed by atoms with Crippen LogP contribution in [-0.2, 0) is 22.6 Å². The van der Waals surface area contributed by atoms with E-state index in [4.69, 9.17) is 19.4 Å². The summed E-state index contributed by atoms with van der Waals surface area (Å²) in [5.41, 5.74) is 1.32. The molecule has 1 spiro atoms. The highest BCUT2D eigenvalue weighted by Crippen LogP contribution is 2.42. The average molecular weight is 456 g/mol. The van der Waals surface area contributed by atoms with Crippen molar-refractivity contribution in [3.8, 4) is 5.88 Å². The van der Waals surface area contributed by atoms with Gasteiger partial charge in [-0.3, -0.25) is 9.58 Å². The molecule has 2 aromatic rings. The molecule has 0 aromatic carbocycles. The Morgan fingerprint density at radius 2 is 2.12 bits per heavy atom. The molecule has 1 atom stereocenters. The van der Waals surface area contributed by atoms with E-state index in [9.17, 15) is 13.2 Å². The molecule has 8 nitrogen and oxygen atoms in total. The second kappa shape index (κ2) is 10.3. The molecule has 0 bridgehead atoms. The standard InChI is InChI=1S/C19H26N4O2.C2HF3O2/c1-2-23-13-16(11-21-23)12-22-14-19(15-22)17(7-10-25-19)6-9-24-18-5-3-4-8-20-18;3-2(4,5)1(6)7/h3-5,8,11,13,17H,2,6-7,9-10,12,14-15H2,1H3;(H,6,7). The molecule has 1 N–H and O–H groups in total. The number of aryl methyl sites for hydroxylation is 1. The molecular weight excluding hydrogens is 429 g/mol. The molecule has 4 heterocycles. The summed E-state index contributed by atoms with van der Waals surface area (Å²) in [6.07, 6.45) is 2.95. The van der Waals surface area contributed by atoms with Gasteiger partial charge in [-0.1, -0.05) is 6.07 Å². The van der Waals surface area contributed by atoms with Gasteiger partial charge in [-0.25, -0.2) is 9.78 Å². The van der Waals surface area contributed by atoms with Gasteiger partial charge in [0, 0.05) is 56.8 Å². The molecule has 4 rings (SSSR count). The number of carboxylic acids is 1. The summed E-state index contributed by atoms with van der Waals surface area (Å²) in [5, 5.41) is 11.5. The number of alkyl halides is 3. The van der Waals surface area contributed by atoms with Gasteiger partial charge >= 0.3 is 12.1 Å². The van der Waals surface area contributed by atoms with E-state index in [1.54, 1.807) is 6.20 Å². The number of hydrogen-bond acceptors (Lipinski definition) is 6. The second-order valence-corrected chi connectivity index (χ2v) is 7.86. The Bertz CT molecular complexity index is 869. The molecule has 32 heavy (non-hydrogen) atoms. The molecule has 0 aliphatic carbocycles. The maximum absolute atomic E-state index is 10.6. The monoisotopic (exact) mass is 456 g/mol. The number of hydrogen-bond donors (Lipinski definition) is 1. The normalized spacial score (nSPS) is 19.8. The molecule has 2 fully saturated rings. The minimum Gasteiger partial charge on any atom is -0.478 e. The molecule has 2 aromatic heterocycles. The third-order valence-corrected chi connectivity index (χ3v) is 5.60. The van der Waals surface area contributed by atoms with Gasteiger partial charge in [0.15, 0.2) is 0 Å². The number of carboxylic acid groups (broad SMARTS) is 1. The molecule has 1 unspecified atom stereocenters. The molecule has 11 heteroatoms. The lowest BCUT2D eigenvalue weighted by molar-refractivity contribution is -0.192. The van der Waals surface area contributed by atoms with Gasteiger partial charge in [0.1, 0.15) is 0 Å². The Morgan fingerprint density at radius 3 is 2.72 bits per heavy atom. The predicted octanol–water partition coefficient (Wildman–Crippen LogP) is 2.99. The smallest absolute Gasteiger partial charge is 0.478 e. The average Bonchev–Trinajstić information content (AvgIpc) is 3.36. The lowest BCUT2D eigenvalue weighted by atomic mass is 9.79. The first-order valence-electron chi connectivity index (χ1n) is 10.4. The molecule has 176 valence electrons. The number of nitrogens with zero attached hydrogens (tertiary/aromatic N) is 4. The van der Waals surface area contributed by atoms with Crippen LogP contribution < -0.4 is 4.74 Å². The second-order valence-electron chi connectivity index (χ2n) is 7.86. The van der Waals surface area contributed by atoms with Crippen molar-refractivity contribution in [2.75, 3.05) is 26.3 Å². The summed E-state index contributed by atoms with van der Waals surface area (Å²) >= 11 is 0. The first kappa shape index (κ1) is 24.0. The molecule has 0 amide bonds. The molecule has 2 aliphatic heterocycles. The van der Waals surface area contributed by atoms with E-state index in [-0.39, 0.29) is 5.60 Å². The molecule has 0 saturated carbocycles. The van der Waals surface area contributed by atoms with Crippen LogP contribution in [0.15, 0.2) is 36.8 Å². The topological polar surface area (TPSA) is 89.7 Å². The minimum atomic E-state index is -5.08. The maximum Gasteiger partial charge on any atom is 0.490 e. The fraction of sp³-hybridized carbons (Fsp3) is 0.571. The van der Waals surface area contributed by atoms with Crippen LogP contribution in [-0.4, -0.2) is 68.8 Å². The van der Waals surface area contributed by atoms with E-state index in [0.29, 0.717) is 18.4 Å². The summed E-state index contributed by atoms with van der Waals surface area (Å²) in [4.78, 5) is 15.6. The zero-order chi connectivity index (χ0) is 23.2. The SMILES string of the molecule is CCn1cc(CN2CC3(C2)OCCC3CCOc2ccccn2)cn1.O=C(O)C(F)(F)F. The Labute approximate surface area is 183 Å². The van der Waals surface area contributed by atoms with Gasteiger partial charge in [0.2, 0.25) is 5.88 Å². The largest absolute Gasteiger partial charge is 0.490 e. The maximum atomic E-state index is 10.6. The van der Waals surface area contributed by atoms with Gasteiger partial charge in [-0.2, -0.15) is 18.3 Å². The number of carbonyl (C=O) groups is 1. The first-order valence-corrected chi connectivity index (χ1v) is 10.4. The van der Waals surface area contributed by atoms with Gasteiger partial charge in [-0.05, 0) is 31.7 Å². The zero-order valence-electron chi connectivity index (χ0n) is 17.8. The van der Waals surface area contributed by atoms with E-state index in [1.807, 2.05) is 29.1 Å². The summed E-state index contributed by atoms with van der Waals surface area (Å²) in [6, 6.07) is 5.76. The van der Waals surface area contributed by atoms with Crippen LogP contribution in [0.1, 0.15) is 25.3 Å². The third-order valence-electron chi connectivity index (χ3n) is 5.60. The predicted molar refractivity (Wildman–Crippen MR) is 108 cm³/mol. The third kappa shape index (κ3) is 6.19. The van der Waals surface area contributed by atoms with Crippen molar-refractivity contribution in [3.05, 3.63) is 42.4 Å². The Kier molecular flexibility index (Phi) is 7.73. The van der Waals surface area contributed by atoms with Gasteiger partial charge in [0.25, 0.3) is 0 Å². The molecular formula is C21H27F3N4O4. The number of likely N-dealkylation sites (tertiary alicyclic amines) is 1. The molecule has 2 aliphatic rings. The van der Waals surface area contributed by atoms with E-state index in [0.717, 1.165) is 45.6 Å². The Balaban J connectivity index is 0.000000360. The molecule has 2 saturated heterocycles. The summed E-state index contributed by atoms with van der Waals surface area (Å²) in [7, 11) is 0. The lowest BCUT2D eigenvalue weighted by Crippen LogP contribution is -2.64. The highest BCUT2D eigenvalue weighted by Gasteiger charge is 2.52. The van der Waals surface area contributed by atoms with Gasteiger partial charge < -0.3 is 14.6 Å². The number of aromatic nitrogens is 3. The van der Waals surface area contributed by atoms with E-state index < -0.39 is 12.1 Å². The fourth-order valence-corrected chi connectivity index (χ4v) is 4.02. The van der Waals surface area contributed by atoms with E-state index in [1.165, 1.54) is 5.56 Å². The lowest BCUT2D eigenvalue weighted by Gasteiger charge is -2.50. The quantitative estimate of drug-likeness (QED) is 0.685. The van der Waals surface area contributed by atoms with Crippen LogP contribution in [0.5, 0.6) is 5.88 Å². The number of ether oxygens (including phenoxy) is 2. The number of aliphatic carboxylic acids is 1. The number of pyridine rings is 1. The van der Waals surface area contributed by atoms with Crippen LogP contribution in [0.3, 0.4) is 0 Å². The first-order chi connectivity index (χ1) is 15.2. The fourth-order valence-electron chi connectivity index (χ4n) is 4.02. The summed E-state index contributed by atoms with van der Waals surface area (Å²) in [5.74, 6) is -1.48. The van der Waals surface area contributed by atoms with Crippen molar-refractivity contribution in [3.63, 3.8) is 0 Å². The van der Waals surface area contributed by atoms with Gasteiger partial charge in [-0.15, -0.1) is 0 Å². The van der Waals surface area contributed by atoms with Crippen LogP contribution >= 0.6 is 0 Å². The van der Waals surface area contributed by atoms with Crippen LogP contribution in [0, 0.1) is 5.92 Å². The van der Waals surface area contributed by atoms with E-state index in [2.05, 4.69) is 28.1 Å². The minimum absolute atomic E-state index is 0.0359. The van der Waals surface area contributed by atoms with Crippen LogP contribution in [0.4, 0.5) is 13.2 Å². The van der Waals surface area contributed by atoms with Gasteiger partial charge in [0.05, 0.1) is 18.4 Å². The van der Waals surface area contributed by atoms with E-state index >= 15 is 0 Å². The Morgan fingerprint density at radius 1 is 1.38 bits per heavy atom. The van der Waals surface area contributed by atoms with Crippen molar-refractivity contribution in [2.45, 2.75) is 44.6 Å². The highest BCUT2D eigenvalue weighted by atomic mass is 19.4. The van der Waals surface area contributed by atoms with Crippen molar-refractivity contribution in [2.24, 2.45) is 5.92 Å². The van der Waals surface area contributed by atoms with Crippen LogP contribution in [0.25, 0.3) is 0 Å². The van der Waals surface area contributed by atoms with Crippen molar-refractivity contribution < 1.29 is 32.5 Å². The Hall–Kier alpha value is -2.66. The van der Waals surface area contributed by atoms with Crippen LogP contribution in [0.2, 0.25) is 0 Å². The molecule has 0 radical (unpaired) electrons.